The summed E-state index contributed by atoms with van der Waals surface area (Å²) in [4.78, 5) is 0. The molecule has 98 valence electrons. The van der Waals surface area contributed by atoms with E-state index in [0.29, 0.717) is 0 Å². The molecule has 0 spiro atoms. The lowest BCUT2D eigenvalue weighted by atomic mass is 9.79. The monoisotopic (exact) mass is 357 g/mol. The van der Waals surface area contributed by atoms with Gasteiger partial charge in [-0.25, -0.2) is 0 Å². The van der Waals surface area contributed by atoms with Crippen molar-refractivity contribution in [2.45, 2.75) is 44.7 Å². The van der Waals surface area contributed by atoms with Crippen LogP contribution in [0.25, 0.3) is 0 Å². The van der Waals surface area contributed by atoms with Crippen LogP contribution in [-0.4, -0.2) is 6.04 Å². The molecule has 5 atom stereocenters. The molecule has 1 heterocycles. The van der Waals surface area contributed by atoms with Crippen molar-refractivity contribution in [3.8, 4) is 0 Å². The minimum Gasteiger partial charge on any atom is -0.454 e. The summed E-state index contributed by atoms with van der Waals surface area (Å²) in [5.74, 6) is 5.24. The van der Waals surface area contributed by atoms with Gasteiger partial charge in [-0.05, 0) is 84.1 Å². The van der Waals surface area contributed by atoms with Gasteiger partial charge in [0.2, 0.25) is 0 Å². The predicted molar refractivity (Wildman–Crippen MR) is 79.1 cm³/mol. The van der Waals surface area contributed by atoms with Gasteiger partial charge < -0.3 is 9.73 Å². The first-order chi connectivity index (χ1) is 8.81. The Bertz CT molecular complexity index is 443. The van der Waals surface area contributed by atoms with Crippen LogP contribution in [0.5, 0.6) is 0 Å². The highest BCUT2D eigenvalue weighted by molar-refractivity contribution is 14.1. The Balaban J connectivity index is 1.39. The van der Waals surface area contributed by atoms with Crippen molar-refractivity contribution in [1.29, 1.82) is 0 Å². The average Bonchev–Trinajstić information content (AvgIpc) is 3.08. The van der Waals surface area contributed by atoms with E-state index in [1.165, 1.54) is 32.1 Å². The summed E-state index contributed by atoms with van der Waals surface area (Å²) in [5.41, 5.74) is 0. The maximum absolute atomic E-state index is 5.63. The Morgan fingerprint density at radius 1 is 1.17 bits per heavy atom. The molecule has 1 aromatic heterocycles. The zero-order valence-electron chi connectivity index (χ0n) is 10.6. The molecular weight excluding hydrogens is 337 g/mol. The molecule has 3 saturated carbocycles. The van der Waals surface area contributed by atoms with E-state index in [2.05, 4.69) is 34.0 Å². The second kappa shape index (κ2) is 4.51. The Morgan fingerprint density at radius 2 is 2.06 bits per heavy atom. The summed E-state index contributed by atoms with van der Waals surface area (Å²) in [6, 6.07) is 4.91. The fourth-order valence-corrected chi connectivity index (χ4v) is 5.44. The maximum Gasteiger partial charge on any atom is 0.164 e. The molecule has 0 saturated heterocycles. The molecule has 4 rings (SSSR count). The van der Waals surface area contributed by atoms with Gasteiger partial charge in [-0.2, -0.15) is 0 Å². The lowest BCUT2D eigenvalue weighted by molar-refractivity contribution is 0.205. The highest BCUT2D eigenvalue weighted by atomic mass is 127. The zero-order chi connectivity index (χ0) is 12.1. The van der Waals surface area contributed by atoms with Crippen molar-refractivity contribution >= 4 is 22.6 Å². The molecule has 0 radical (unpaired) electrons. The first kappa shape index (κ1) is 11.8. The van der Waals surface area contributed by atoms with Crippen molar-refractivity contribution in [2.24, 2.45) is 23.7 Å². The van der Waals surface area contributed by atoms with E-state index in [4.69, 9.17) is 4.42 Å². The first-order valence-corrected chi connectivity index (χ1v) is 8.37. The van der Waals surface area contributed by atoms with E-state index in [-0.39, 0.29) is 0 Å². The molecule has 0 aromatic carbocycles. The van der Waals surface area contributed by atoms with Gasteiger partial charge in [-0.1, -0.05) is 6.42 Å². The van der Waals surface area contributed by atoms with Crippen LogP contribution in [0, 0.1) is 27.4 Å². The van der Waals surface area contributed by atoms with Crippen LogP contribution in [-0.2, 0) is 6.54 Å². The Labute approximate surface area is 122 Å². The normalized spacial score (nSPS) is 41.5. The summed E-state index contributed by atoms with van der Waals surface area (Å²) >= 11 is 2.23. The summed E-state index contributed by atoms with van der Waals surface area (Å²) in [7, 11) is 0. The van der Waals surface area contributed by atoms with Crippen LogP contribution >= 0.6 is 22.6 Å². The largest absolute Gasteiger partial charge is 0.454 e. The van der Waals surface area contributed by atoms with E-state index in [1.807, 2.05) is 6.07 Å². The Morgan fingerprint density at radius 3 is 2.89 bits per heavy atom. The predicted octanol–water partition coefficient (Wildman–Crippen LogP) is 3.80. The van der Waals surface area contributed by atoms with E-state index >= 15 is 0 Å². The maximum atomic E-state index is 5.63. The summed E-state index contributed by atoms with van der Waals surface area (Å²) < 4.78 is 6.63. The standard InChI is InChI=1S/C15H20INO/c16-15-5-4-10(18-15)8-17-14-7-9-6-13(14)12-3-1-2-11(9)12/h4-5,9,11-14,17H,1-3,6-8H2. The van der Waals surface area contributed by atoms with Crippen LogP contribution < -0.4 is 5.32 Å². The molecule has 2 bridgehead atoms. The quantitative estimate of drug-likeness (QED) is 0.833. The molecular formula is C15H20INO. The minimum absolute atomic E-state index is 0.761. The summed E-state index contributed by atoms with van der Waals surface area (Å²) in [6.07, 6.45) is 7.44. The zero-order valence-corrected chi connectivity index (χ0v) is 12.7. The van der Waals surface area contributed by atoms with E-state index in [9.17, 15) is 0 Å². The third-order valence-corrected chi connectivity index (χ3v) is 6.18. The fourth-order valence-electron chi connectivity index (χ4n) is 4.98. The molecule has 0 amide bonds. The third-order valence-electron chi connectivity index (χ3n) is 5.60. The van der Waals surface area contributed by atoms with Crippen molar-refractivity contribution in [1.82, 2.24) is 5.32 Å². The second-order valence-corrected chi connectivity index (χ2v) is 7.41. The van der Waals surface area contributed by atoms with Gasteiger partial charge in [0, 0.05) is 6.04 Å². The summed E-state index contributed by atoms with van der Waals surface area (Å²) in [6.45, 7) is 0.911. The van der Waals surface area contributed by atoms with Crippen molar-refractivity contribution in [3.63, 3.8) is 0 Å². The van der Waals surface area contributed by atoms with Crippen molar-refractivity contribution in [3.05, 3.63) is 21.7 Å². The van der Waals surface area contributed by atoms with Gasteiger partial charge in [0.25, 0.3) is 0 Å². The number of halogens is 1. The average molecular weight is 357 g/mol. The van der Waals surface area contributed by atoms with Gasteiger partial charge in [-0.3, -0.25) is 0 Å². The second-order valence-electron chi connectivity index (χ2n) is 6.35. The number of hydrogen-bond donors (Lipinski definition) is 1. The number of nitrogens with one attached hydrogen (secondary N) is 1. The first-order valence-electron chi connectivity index (χ1n) is 7.29. The number of rotatable bonds is 3. The van der Waals surface area contributed by atoms with Gasteiger partial charge >= 0.3 is 0 Å². The van der Waals surface area contributed by atoms with Gasteiger partial charge in [-0.15, -0.1) is 0 Å². The number of furan rings is 1. The molecule has 2 nitrogen and oxygen atoms in total. The Kier molecular flexibility index (Phi) is 2.95. The number of hydrogen-bond acceptors (Lipinski definition) is 2. The SMILES string of the molecule is Ic1ccc(CNC2CC3CC2C2CCCC32)o1. The lowest BCUT2D eigenvalue weighted by Crippen LogP contribution is -2.38. The van der Waals surface area contributed by atoms with Crippen LogP contribution in [0.15, 0.2) is 16.5 Å². The molecule has 0 aliphatic heterocycles. The Hall–Kier alpha value is -0.0300. The van der Waals surface area contributed by atoms with Crippen molar-refractivity contribution in [2.75, 3.05) is 0 Å². The minimum atomic E-state index is 0.761. The fraction of sp³-hybridized carbons (Fsp3) is 0.733. The molecule has 1 aromatic rings. The molecule has 3 aliphatic rings. The van der Waals surface area contributed by atoms with Crippen LogP contribution in [0.4, 0.5) is 0 Å². The summed E-state index contributed by atoms with van der Waals surface area (Å²) in [5, 5.41) is 3.76. The van der Waals surface area contributed by atoms with Crippen LogP contribution in [0.2, 0.25) is 0 Å². The molecule has 3 aliphatic carbocycles. The van der Waals surface area contributed by atoms with Gasteiger partial charge in [0.05, 0.1) is 6.54 Å². The smallest absolute Gasteiger partial charge is 0.164 e. The van der Waals surface area contributed by atoms with Crippen LogP contribution in [0.3, 0.4) is 0 Å². The molecule has 5 unspecified atom stereocenters. The van der Waals surface area contributed by atoms with Crippen LogP contribution in [0.1, 0.15) is 37.9 Å². The van der Waals surface area contributed by atoms with Gasteiger partial charge in [0.15, 0.2) is 3.77 Å². The molecule has 1 N–H and O–H groups in total. The molecule has 3 fully saturated rings. The highest BCUT2D eigenvalue weighted by Gasteiger charge is 2.53. The lowest BCUT2D eigenvalue weighted by Gasteiger charge is -2.32. The third kappa shape index (κ3) is 1.85. The molecule has 3 heteroatoms. The van der Waals surface area contributed by atoms with Gasteiger partial charge in [0.1, 0.15) is 5.76 Å². The van der Waals surface area contributed by atoms with E-state index in [0.717, 1.165) is 45.8 Å². The van der Waals surface area contributed by atoms with Crippen molar-refractivity contribution < 1.29 is 4.42 Å². The van der Waals surface area contributed by atoms with E-state index < -0.39 is 0 Å². The molecule has 18 heavy (non-hydrogen) atoms. The number of fused-ring (bicyclic) bond motifs is 5. The highest BCUT2D eigenvalue weighted by Crippen LogP contribution is 2.58. The van der Waals surface area contributed by atoms with E-state index in [1.54, 1.807) is 0 Å². The topological polar surface area (TPSA) is 25.2 Å².